The summed E-state index contributed by atoms with van der Waals surface area (Å²) in [5.74, 6) is -1.21. The number of benzene rings is 1. The number of hydrogen-bond donors (Lipinski definition) is 1. The smallest absolute Gasteiger partial charge is 0.338 e. The second-order valence-corrected chi connectivity index (χ2v) is 11.6. The molecule has 0 radical (unpaired) electrons. The van der Waals surface area contributed by atoms with Gasteiger partial charge in [0.2, 0.25) is 0 Å². The van der Waals surface area contributed by atoms with E-state index in [-0.39, 0.29) is 67.5 Å². The molecule has 6 bridgehead atoms. The fourth-order valence-electron chi connectivity index (χ4n) is 6.46. The van der Waals surface area contributed by atoms with E-state index in [1.807, 2.05) is 18.2 Å². The van der Waals surface area contributed by atoms with E-state index < -0.39 is 5.79 Å². The van der Waals surface area contributed by atoms with Gasteiger partial charge in [-0.15, -0.1) is 0 Å². The van der Waals surface area contributed by atoms with Crippen molar-refractivity contribution in [3.05, 3.63) is 47.0 Å². The van der Waals surface area contributed by atoms with Gasteiger partial charge in [0.1, 0.15) is 36.6 Å². The molecule has 6 aliphatic rings. The third kappa shape index (κ3) is 4.68. The monoisotopic (exact) mass is 564 g/mol. The Labute approximate surface area is 219 Å². The van der Waals surface area contributed by atoms with Gasteiger partial charge in [0.15, 0.2) is 5.79 Å². The second-order valence-electron chi connectivity index (χ2n) is 10.5. The van der Waals surface area contributed by atoms with Crippen molar-refractivity contribution in [1.29, 1.82) is 0 Å². The maximum absolute atomic E-state index is 12.7. The Balaban J connectivity index is 1.18. The van der Waals surface area contributed by atoms with Crippen LogP contribution < -0.4 is 0 Å². The van der Waals surface area contributed by atoms with Gasteiger partial charge in [-0.2, -0.15) is 0 Å². The van der Waals surface area contributed by atoms with Gasteiger partial charge in [0.25, 0.3) is 0 Å². The maximum Gasteiger partial charge on any atom is 0.338 e. The van der Waals surface area contributed by atoms with E-state index in [2.05, 4.69) is 22.5 Å². The first-order chi connectivity index (χ1) is 17.4. The number of aliphatic hydroxyl groups is 1. The molecule has 6 saturated heterocycles. The summed E-state index contributed by atoms with van der Waals surface area (Å²) in [6.07, 6.45) is 2.84. The van der Waals surface area contributed by atoms with Crippen LogP contribution in [0.1, 0.15) is 55.3 Å². The van der Waals surface area contributed by atoms with Gasteiger partial charge in [-0.3, -0.25) is 0 Å². The lowest BCUT2D eigenvalue weighted by Crippen LogP contribution is -2.61. The van der Waals surface area contributed by atoms with Crippen LogP contribution in [-0.4, -0.2) is 78.4 Å². The van der Waals surface area contributed by atoms with Crippen molar-refractivity contribution >= 4 is 21.9 Å². The lowest BCUT2D eigenvalue weighted by molar-refractivity contribution is -0.293. The Morgan fingerprint density at radius 2 is 1.81 bits per heavy atom. The topological polar surface area (TPSA) is 92.7 Å². The van der Waals surface area contributed by atoms with Crippen LogP contribution in [0.3, 0.4) is 0 Å². The molecule has 0 spiro atoms. The number of fused-ring (bicyclic) bond motifs is 1. The van der Waals surface area contributed by atoms with Gasteiger partial charge in [-0.25, -0.2) is 4.79 Å². The van der Waals surface area contributed by atoms with Crippen LogP contribution in [0.5, 0.6) is 0 Å². The molecule has 1 N–H and O–H groups in total. The van der Waals surface area contributed by atoms with Crippen LogP contribution >= 0.6 is 15.9 Å². The van der Waals surface area contributed by atoms with Crippen molar-refractivity contribution in [2.75, 3.05) is 6.61 Å². The minimum Gasteiger partial charge on any atom is -0.458 e. The van der Waals surface area contributed by atoms with E-state index in [1.54, 1.807) is 12.1 Å². The number of hydrogen-bond acceptors (Lipinski definition) is 8. The molecule has 0 saturated carbocycles. The number of ether oxygens (including phenoxy) is 6. The molecular weight excluding hydrogens is 532 g/mol. The highest BCUT2D eigenvalue weighted by Gasteiger charge is 2.68. The normalized spacial score (nSPS) is 40.9. The molecule has 6 heterocycles. The SMILES string of the molecule is C=C(Br)C[C@@H](CC[C@@]12C[C@H]3O[C@H]4C(O1)[C@H]1O[C@@H](CCO)CCC1O[C@H]4[C@H]3O2)OC(=O)c1ccccc1. The molecule has 6 aliphatic heterocycles. The Morgan fingerprint density at radius 1 is 1.06 bits per heavy atom. The van der Waals surface area contributed by atoms with Crippen molar-refractivity contribution < 1.29 is 38.3 Å². The third-order valence-electron chi connectivity index (χ3n) is 8.06. The van der Waals surface area contributed by atoms with E-state index in [9.17, 15) is 9.90 Å². The standard InChI is InChI=1S/C27H33BrO8/c1-15(28)13-18(32-26(30)16-5-3-2-4-6-16)9-11-27-14-20-22(35-27)23-24(34-20)25(36-27)21-19(33-23)8-7-17(31-21)10-12-29/h2-6,17-25,29H,1,7-14H2/t17-,18-,19?,20-,21+,22+,23+,24-,25?,27+/m1/s1. The van der Waals surface area contributed by atoms with Gasteiger partial charge in [-0.05, 0) is 42.3 Å². The van der Waals surface area contributed by atoms with Crippen molar-refractivity contribution in [1.82, 2.24) is 0 Å². The van der Waals surface area contributed by atoms with Gasteiger partial charge in [-0.1, -0.05) is 40.7 Å². The fraction of sp³-hybridized carbons (Fsp3) is 0.667. The highest BCUT2D eigenvalue weighted by atomic mass is 79.9. The third-order valence-corrected chi connectivity index (χ3v) is 8.38. The highest BCUT2D eigenvalue weighted by Crippen LogP contribution is 2.54. The molecule has 196 valence electrons. The zero-order valence-electron chi connectivity index (χ0n) is 20.1. The maximum atomic E-state index is 12.7. The van der Waals surface area contributed by atoms with E-state index >= 15 is 0 Å². The number of halogens is 1. The van der Waals surface area contributed by atoms with Gasteiger partial charge in [0.05, 0.1) is 23.9 Å². The lowest BCUT2D eigenvalue weighted by Gasteiger charge is -2.47. The molecule has 0 aliphatic carbocycles. The van der Waals surface area contributed by atoms with Crippen LogP contribution in [0.2, 0.25) is 0 Å². The number of carbonyl (C=O) groups excluding carboxylic acids is 1. The number of esters is 1. The van der Waals surface area contributed by atoms with E-state index in [4.69, 9.17) is 28.4 Å². The van der Waals surface area contributed by atoms with E-state index in [0.717, 1.165) is 17.3 Å². The Morgan fingerprint density at radius 3 is 2.58 bits per heavy atom. The van der Waals surface area contributed by atoms with Crippen molar-refractivity contribution in [3.63, 3.8) is 0 Å². The average molecular weight is 565 g/mol. The molecule has 10 atom stereocenters. The highest BCUT2D eigenvalue weighted by molar-refractivity contribution is 9.11. The first-order valence-electron chi connectivity index (χ1n) is 13.0. The van der Waals surface area contributed by atoms with Gasteiger partial charge in [0, 0.05) is 25.9 Å². The minimum absolute atomic E-state index is 0.0148. The molecule has 1 aromatic carbocycles. The summed E-state index contributed by atoms with van der Waals surface area (Å²) in [5.41, 5.74) is 0.516. The summed E-state index contributed by atoms with van der Waals surface area (Å²) in [7, 11) is 0. The van der Waals surface area contributed by atoms with Crippen LogP contribution in [0.25, 0.3) is 0 Å². The van der Waals surface area contributed by atoms with Crippen molar-refractivity contribution in [2.45, 2.75) is 106 Å². The summed E-state index contributed by atoms with van der Waals surface area (Å²) in [6, 6.07) is 8.99. The first kappa shape index (κ1) is 25.0. The molecule has 8 nitrogen and oxygen atoms in total. The van der Waals surface area contributed by atoms with Gasteiger partial charge >= 0.3 is 5.97 Å². The minimum atomic E-state index is -0.847. The van der Waals surface area contributed by atoms with E-state index in [1.165, 1.54) is 0 Å². The van der Waals surface area contributed by atoms with Crippen molar-refractivity contribution in [3.8, 4) is 0 Å². The lowest BCUT2D eigenvalue weighted by atomic mass is 9.87. The first-order valence-corrected chi connectivity index (χ1v) is 13.8. The molecular formula is C27H33BrO8. The Hall–Kier alpha value is -1.33. The van der Waals surface area contributed by atoms with Crippen molar-refractivity contribution in [2.24, 2.45) is 0 Å². The fourth-order valence-corrected chi connectivity index (χ4v) is 6.82. The zero-order chi connectivity index (χ0) is 24.9. The number of aliphatic hydroxyl groups excluding tert-OH is 1. The number of rotatable bonds is 9. The summed E-state index contributed by atoms with van der Waals surface area (Å²) < 4.78 is 39.2. The average Bonchev–Trinajstić information content (AvgIpc) is 3.28. The Bertz CT molecular complexity index is 974. The number of carbonyl (C=O) groups is 1. The largest absolute Gasteiger partial charge is 0.458 e. The Kier molecular flexibility index (Phi) is 7.00. The van der Waals surface area contributed by atoms with Crippen LogP contribution in [0, 0.1) is 0 Å². The molecule has 9 heteroatoms. The molecule has 1 aromatic rings. The summed E-state index contributed by atoms with van der Waals surface area (Å²) in [4.78, 5) is 12.7. The summed E-state index contributed by atoms with van der Waals surface area (Å²) in [5, 5.41) is 9.42. The molecule has 0 amide bonds. The van der Waals surface area contributed by atoms with Crippen LogP contribution in [-0.2, 0) is 28.4 Å². The second kappa shape index (κ2) is 10.1. The molecule has 7 rings (SSSR count). The molecule has 2 unspecified atom stereocenters. The summed E-state index contributed by atoms with van der Waals surface area (Å²) >= 11 is 3.43. The quantitative estimate of drug-likeness (QED) is 0.454. The predicted octanol–water partition coefficient (Wildman–Crippen LogP) is 3.64. The van der Waals surface area contributed by atoms with Gasteiger partial charge < -0.3 is 33.5 Å². The molecule has 6 fully saturated rings. The predicted molar refractivity (Wildman–Crippen MR) is 132 cm³/mol. The van der Waals surface area contributed by atoms with Crippen LogP contribution in [0.4, 0.5) is 0 Å². The van der Waals surface area contributed by atoms with Crippen LogP contribution in [0.15, 0.2) is 41.4 Å². The molecule has 36 heavy (non-hydrogen) atoms. The molecule has 0 aromatic heterocycles. The zero-order valence-corrected chi connectivity index (χ0v) is 21.7. The van der Waals surface area contributed by atoms with E-state index in [0.29, 0.717) is 37.7 Å². The summed E-state index contributed by atoms with van der Waals surface area (Å²) in [6.45, 7) is 4.05.